The summed E-state index contributed by atoms with van der Waals surface area (Å²) in [6, 6.07) is 7.52. The van der Waals surface area contributed by atoms with Crippen LogP contribution in [0.15, 0.2) is 36.7 Å². The number of hydrogen-bond donors (Lipinski definition) is 2. The number of ether oxygens (including phenoxy) is 2. The quantitative estimate of drug-likeness (QED) is 0.230. The van der Waals surface area contributed by atoms with Gasteiger partial charge in [0.2, 0.25) is 0 Å². The summed E-state index contributed by atoms with van der Waals surface area (Å²) >= 11 is 0. The molecule has 1 aliphatic carbocycles. The average molecular weight is 607 g/mol. The standard InChI is InChI=1S/C27H36FN6O7P/c1-15(2)39-27(36)16(3)32-42(37,41-19-9-7-6-8-10-19)38-13-20-23(35)21(28)26(40-20)34-14-29-22-24(33(5)18-11-12-18)30-17(4)31-25(22)34/h6-10,14-16,18,20-21,23,26,35H,11-13H2,1-5H3,(H,32,37)/t16-,20+,21+,23+,26+,42-/m0/s1. The van der Waals surface area contributed by atoms with Crippen LogP contribution in [0.3, 0.4) is 0 Å². The molecule has 0 spiro atoms. The van der Waals surface area contributed by atoms with Crippen LogP contribution in [0.2, 0.25) is 0 Å². The fraction of sp³-hybridized carbons (Fsp3) is 0.556. The van der Waals surface area contributed by atoms with Gasteiger partial charge in [-0.25, -0.2) is 23.9 Å². The molecular weight excluding hydrogens is 570 g/mol. The van der Waals surface area contributed by atoms with Crippen molar-refractivity contribution in [3.8, 4) is 5.75 Å². The van der Waals surface area contributed by atoms with E-state index in [1.807, 2.05) is 11.9 Å². The lowest BCUT2D eigenvalue weighted by Gasteiger charge is -2.25. The second-order valence-corrected chi connectivity index (χ2v) is 12.5. The van der Waals surface area contributed by atoms with Gasteiger partial charge in [-0.1, -0.05) is 18.2 Å². The summed E-state index contributed by atoms with van der Waals surface area (Å²) in [5.41, 5.74) is 0.857. The number of para-hydroxylation sites is 1. The molecule has 6 atom stereocenters. The summed E-state index contributed by atoms with van der Waals surface area (Å²) in [6.45, 7) is 6.05. The summed E-state index contributed by atoms with van der Waals surface area (Å²) in [5.74, 6) is 0.667. The van der Waals surface area contributed by atoms with E-state index in [0.29, 0.717) is 28.8 Å². The number of imidazole rings is 1. The largest absolute Gasteiger partial charge is 0.462 e. The molecule has 0 amide bonds. The number of esters is 1. The van der Waals surface area contributed by atoms with Crippen molar-refractivity contribution in [3.05, 3.63) is 42.5 Å². The Balaban J connectivity index is 1.34. The molecule has 0 radical (unpaired) electrons. The van der Waals surface area contributed by atoms with Crippen molar-refractivity contribution in [1.82, 2.24) is 24.6 Å². The van der Waals surface area contributed by atoms with Crippen LogP contribution >= 0.6 is 7.75 Å². The monoisotopic (exact) mass is 606 g/mol. The Hall–Kier alpha value is -3.16. The molecule has 1 aromatic carbocycles. The van der Waals surface area contributed by atoms with Crippen molar-refractivity contribution in [2.45, 2.75) is 83.3 Å². The van der Waals surface area contributed by atoms with Gasteiger partial charge in [-0.2, -0.15) is 5.09 Å². The zero-order chi connectivity index (χ0) is 30.2. The molecule has 1 saturated carbocycles. The van der Waals surface area contributed by atoms with Crippen LogP contribution in [0.4, 0.5) is 10.2 Å². The van der Waals surface area contributed by atoms with E-state index in [0.717, 1.165) is 12.8 Å². The van der Waals surface area contributed by atoms with E-state index in [1.54, 1.807) is 51.1 Å². The van der Waals surface area contributed by atoms with Crippen molar-refractivity contribution in [2.24, 2.45) is 0 Å². The Morgan fingerprint density at radius 1 is 1.26 bits per heavy atom. The molecule has 5 rings (SSSR count). The highest BCUT2D eigenvalue weighted by Gasteiger charge is 2.47. The van der Waals surface area contributed by atoms with Gasteiger partial charge in [0.05, 0.1) is 19.0 Å². The summed E-state index contributed by atoms with van der Waals surface area (Å²) < 4.78 is 53.0. The number of hydrogen-bond acceptors (Lipinski definition) is 11. The molecule has 42 heavy (non-hydrogen) atoms. The second kappa shape index (κ2) is 12.2. The van der Waals surface area contributed by atoms with Crippen molar-refractivity contribution >= 4 is 30.7 Å². The third kappa shape index (κ3) is 6.57. The van der Waals surface area contributed by atoms with E-state index >= 15 is 4.39 Å². The topological polar surface area (TPSA) is 150 Å². The van der Waals surface area contributed by atoms with Gasteiger partial charge in [0.15, 0.2) is 29.4 Å². The van der Waals surface area contributed by atoms with Crippen LogP contribution in [-0.4, -0.2) is 80.8 Å². The Morgan fingerprint density at radius 2 is 1.98 bits per heavy atom. The van der Waals surface area contributed by atoms with Crippen LogP contribution in [-0.2, 0) is 23.4 Å². The number of alkyl halides is 1. The molecule has 228 valence electrons. The predicted octanol–water partition coefficient (Wildman–Crippen LogP) is 3.46. The third-order valence-corrected chi connectivity index (χ3v) is 8.59. The van der Waals surface area contributed by atoms with E-state index < -0.39 is 57.1 Å². The molecule has 2 aromatic heterocycles. The number of nitrogens with one attached hydrogen (secondary N) is 1. The van der Waals surface area contributed by atoms with E-state index in [2.05, 4.69) is 20.0 Å². The van der Waals surface area contributed by atoms with E-state index in [4.69, 9.17) is 18.5 Å². The van der Waals surface area contributed by atoms with Gasteiger partial charge in [0.1, 0.15) is 29.8 Å². The lowest BCUT2D eigenvalue weighted by Crippen LogP contribution is -2.37. The number of anilines is 1. The minimum absolute atomic E-state index is 0.207. The molecule has 1 saturated heterocycles. The number of fused-ring (bicyclic) bond motifs is 1. The van der Waals surface area contributed by atoms with E-state index in [-0.39, 0.29) is 5.75 Å². The van der Waals surface area contributed by atoms with Crippen molar-refractivity contribution in [3.63, 3.8) is 0 Å². The van der Waals surface area contributed by atoms with Crippen LogP contribution in [0.25, 0.3) is 11.2 Å². The molecule has 2 aliphatic rings. The normalized spacial score (nSPS) is 24.5. The smallest absolute Gasteiger partial charge is 0.459 e. The number of benzene rings is 1. The number of carbonyl (C=O) groups excluding carboxylic acids is 1. The van der Waals surface area contributed by atoms with Crippen LogP contribution in [0.1, 0.15) is 45.7 Å². The fourth-order valence-corrected chi connectivity index (χ4v) is 6.15. The maximum Gasteiger partial charge on any atom is 0.459 e. The number of aliphatic hydroxyl groups is 1. The molecule has 1 aliphatic heterocycles. The first-order chi connectivity index (χ1) is 20.0. The van der Waals surface area contributed by atoms with Gasteiger partial charge in [0.25, 0.3) is 0 Å². The van der Waals surface area contributed by atoms with Crippen LogP contribution in [0.5, 0.6) is 5.75 Å². The summed E-state index contributed by atoms with van der Waals surface area (Å²) in [6.07, 6.45) is -2.90. The number of rotatable bonds is 12. The molecule has 0 bridgehead atoms. The molecule has 3 heterocycles. The zero-order valence-corrected chi connectivity index (χ0v) is 25.0. The molecule has 13 nitrogen and oxygen atoms in total. The SMILES string of the molecule is Cc1nc(N(C)C2CC2)c2ncn([C@@H]3O[C@H](CO[P@@](=O)(N[C@@H](C)C(=O)OC(C)C)Oc4ccccc4)[C@@H](O)[C@H]3F)c2n1. The fourth-order valence-electron chi connectivity index (χ4n) is 4.65. The average Bonchev–Trinajstić information content (AvgIpc) is 3.65. The summed E-state index contributed by atoms with van der Waals surface area (Å²) in [7, 11) is -2.31. The Kier molecular flexibility index (Phi) is 8.81. The number of aryl methyl sites for hydroxylation is 1. The summed E-state index contributed by atoms with van der Waals surface area (Å²) in [5, 5.41) is 13.3. The molecule has 2 N–H and O–H groups in total. The van der Waals surface area contributed by atoms with Crippen LogP contribution in [0, 0.1) is 6.92 Å². The summed E-state index contributed by atoms with van der Waals surface area (Å²) in [4.78, 5) is 27.9. The maximum absolute atomic E-state index is 15.5. The molecule has 2 fully saturated rings. The van der Waals surface area contributed by atoms with Crippen LogP contribution < -0.4 is 14.5 Å². The highest BCUT2D eigenvalue weighted by molar-refractivity contribution is 7.52. The van der Waals surface area contributed by atoms with Gasteiger partial charge >= 0.3 is 13.7 Å². The van der Waals surface area contributed by atoms with E-state index in [1.165, 1.54) is 17.8 Å². The maximum atomic E-state index is 15.5. The highest BCUT2D eigenvalue weighted by atomic mass is 31.2. The second-order valence-electron chi connectivity index (χ2n) is 10.8. The first-order valence-electron chi connectivity index (χ1n) is 13.8. The zero-order valence-electron chi connectivity index (χ0n) is 24.1. The minimum atomic E-state index is -4.25. The van der Waals surface area contributed by atoms with Gasteiger partial charge in [-0.3, -0.25) is 13.9 Å². The van der Waals surface area contributed by atoms with Gasteiger partial charge in [0, 0.05) is 13.1 Å². The third-order valence-electron chi connectivity index (χ3n) is 6.95. The first-order valence-corrected chi connectivity index (χ1v) is 15.4. The number of aliphatic hydroxyl groups excluding tert-OH is 1. The Morgan fingerprint density at radius 3 is 2.64 bits per heavy atom. The molecule has 3 aromatic rings. The number of carbonyl (C=O) groups is 1. The van der Waals surface area contributed by atoms with Gasteiger partial charge in [-0.05, 0) is 52.7 Å². The van der Waals surface area contributed by atoms with Crippen molar-refractivity contribution < 1.29 is 37.4 Å². The van der Waals surface area contributed by atoms with Gasteiger partial charge in [-0.15, -0.1) is 0 Å². The Labute approximate surface area is 242 Å². The highest BCUT2D eigenvalue weighted by Crippen LogP contribution is 2.46. The Bertz CT molecular complexity index is 1460. The van der Waals surface area contributed by atoms with Gasteiger partial charge < -0.3 is 24.0 Å². The molecular formula is C27H36FN6O7P. The van der Waals surface area contributed by atoms with Crippen molar-refractivity contribution in [2.75, 3.05) is 18.6 Å². The number of aromatic nitrogens is 4. The lowest BCUT2D eigenvalue weighted by atomic mass is 10.1. The van der Waals surface area contributed by atoms with Crippen molar-refractivity contribution in [1.29, 1.82) is 0 Å². The minimum Gasteiger partial charge on any atom is -0.462 e. The number of halogens is 1. The lowest BCUT2D eigenvalue weighted by molar-refractivity contribution is -0.149. The number of nitrogens with zero attached hydrogens (tertiary/aromatic N) is 5. The molecule has 0 unspecified atom stereocenters. The van der Waals surface area contributed by atoms with E-state index in [9.17, 15) is 14.5 Å². The predicted molar refractivity (Wildman–Crippen MR) is 151 cm³/mol. The molecule has 15 heteroatoms. The first kappa shape index (κ1) is 30.3.